The third-order valence-corrected chi connectivity index (χ3v) is 4.22. The summed E-state index contributed by atoms with van der Waals surface area (Å²) in [6.07, 6.45) is 10.8. The first kappa shape index (κ1) is 19.0. The molecular weight excluding hydrogens is 312 g/mol. The Hall–Kier alpha value is -2.29. The van der Waals surface area contributed by atoms with E-state index < -0.39 is 0 Å². The standard InChI is InChI=1S/C22H28O3/c1-3-4-5-6-7-8-15-25-21-13-12-19-16-18(9-11-20(19)17-21)10-14-22(23)24-2/h9-14,16-17H,3-8,15H2,1-2H3/b14-10+. The topological polar surface area (TPSA) is 35.5 Å². The van der Waals surface area contributed by atoms with Crippen molar-refractivity contribution in [3.05, 3.63) is 48.0 Å². The molecule has 0 aliphatic heterocycles. The highest BCUT2D eigenvalue weighted by atomic mass is 16.5. The fourth-order valence-electron chi connectivity index (χ4n) is 2.74. The van der Waals surface area contributed by atoms with E-state index in [4.69, 9.17) is 4.74 Å². The van der Waals surface area contributed by atoms with Crippen molar-refractivity contribution in [3.63, 3.8) is 0 Å². The molecule has 0 bridgehead atoms. The predicted octanol–water partition coefficient (Wildman–Crippen LogP) is 5.77. The number of esters is 1. The average Bonchev–Trinajstić information content (AvgIpc) is 2.65. The van der Waals surface area contributed by atoms with E-state index in [0.717, 1.165) is 35.1 Å². The van der Waals surface area contributed by atoms with Crippen LogP contribution >= 0.6 is 0 Å². The lowest BCUT2D eigenvalue weighted by Crippen LogP contribution is -1.97. The van der Waals surface area contributed by atoms with Crippen LogP contribution in [0.3, 0.4) is 0 Å². The number of benzene rings is 2. The number of fused-ring (bicyclic) bond motifs is 1. The van der Waals surface area contributed by atoms with Crippen molar-refractivity contribution in [1.82, 2.24) is 0 Å². The first-order valence-electron chi connectivity index (χ1n) is 9.15. The summed E-state index contributed by atoms with van der Waals surface area (Å²) in [7, 11) is 1.37. The summed E-state index contributed by atoms with van der Waals surface area (Å²) in [5, 5.41) is 2.26. The van der Waals surface area contributed by atoms with Crippen molar-refractivity contribution in [2.45, 2.75) is 45.4 Å². The van der Waals surface area contributed by atoms with Gasteiger partial charge in [-0.25, -0.2) is 4.79 Å². The lowest BCUT2D eigenvalue weighted by Gasteiger charge is -2.08. The Morgan fingerprint density at radius 2 is 1.68 bits per heavy atom. The number of carbonyl (C=O) groups is 1. The summed E-state index contributed by atoms with van der Waals surface area (Å²) >= 11 is 0. The molecule has 0 fully saturated rings. The zero-order valence-electron chi connectivity index (χ0n) is 15.3. The van der Waals surface area contributed by atoms with Crippen molar-refractivity contribution >= 4 is 22.8 Å². The Kier molecular flexibility index (Phi) is 8.03. The van der Waals surface area contributed by atoms with Crippen molar-refractivity contribution < 1.29 is 14.3 Å². The molecular formula is C22H28O3. The van der Waals surface area contributed by atoms with E-state index >= 15 is 0 Å². The van der Waals surface area contributed by atoms with Crippen molar-refractivity contribution in [2.75, 3.05) is 13.7 Å². The maximum atomic E-state index is 11.2. The van der Waals surface area contributed by atoms with Gasteiger partial charge in [-0.15, -0.1) is 0 Å². The Morgan fingerprint density at radius 3 is 2.48 bits per heavy atom. The SMILES string of the molecule is CCCCCCCCOc1ccc2cc(/C=C/C(=O)OC)ccc2c1. The first-order chi connectivity index (χ1) is 12.2. The van der Waals surface area contributed by atoms with Crippen LogP contribution in [-0.2, 0) is 9.53 Å². The highest BCUT2D eigenvalue weighted by Gasteiger charge is 2.00. The van der Waals surface area contributed by atoms with Crippen LogP contribution in [0, 0.1) is 0 Å². The van der Waals surface area contributed by atoms with Gasteiger partial charge < -0.3 is 9.47 Å². The molecule has 0 atom stereocenters. The van der Waals surface area contributed by atoms with Crippen molar-refractivity contribution in [1.29, 1.82) is 0 Å². The van der Waals surface area contributed by atoms with Gasteiger partial charge in [0.05, 0.1) is 13.7 Å². The normalized spacial score (nSPS) is 11.1. The van der Waals surface area contributed by atoms with E-state index in [0.29, 0.717) is 0 Å². The van der Waals surface area contributed by atoms with Gasteiger partial charge >= 0.3 is 5.97 Å². The minimum atomic E-state index is -0.349. The van der Waals surface area contributed by atoms with E-state index in [2.05, 4.69) is 23.8 Å². The molecule has 0 N–H and O–H groups in total. The van der Waals surface area contributed by atoms with Crippen LogP contribution in [0.2, 0.25) is 0 Å². The average molecular weight is 340 g/mol. The number of methoxy groups -OCH3 is 1. The fraction of sp³-hybridized carbons (Fsp3) is 0.409. The summed E-state index contributed by atoms with van der Waals surface area (Å²) in [5.41, 5.74) is 0.971. The van der Waals surface area contributed by atoms with Crippen LogP contribution in [0.15, 0.2) is 42.5 Å². The third kappa shape index (κ3) is 6.61. The van der Waals surface area contributed by atoms with E-state index in [-0.39, 0.29) is 5.97 Å². The van der Waals surface area contributed by atoms with Crippen LogP contribution in [0.1, 0.15) is 51.0 Å². The Labute approximate surface area is 150 Å². The Balaban J connectivity index is 1.87. The van der Waals surface area contributed by atoms with Gasteiger partial charge in [0.1, 0.15) is 5.75 Å². The van der Waals surface area contributed by atoms with E-state index in [9.17, 15) is 4.79 Å². The summed E-state index contributed by atoms with van der Waals surface area (Å²) in [5.74, 6) is 0.567. The molecule has 0 unspecified atom stereocenters. The summed E-state index contributed by atoms with van der Waals surface area (Å²) in [4.78, 5) is 11.2. The molecule has 0 saturated heterocycles. The van der Waals surface area contributed by atoms with E-state index in [1.54, 1.807) is 6.08 Å². The molecule has 0 aliphatic carbocycles. The third-order valence-electron chi connectivity index (χ3n) is 4.22. The Bertz CT molecular complexity index is 703. The number of hydrogen-bond acceptors (Lipinski definition) is 3. The maximum absolute atomic E-state index is 11.2. The van der Waals surface area contributed by atoms with Crippen molar-refractivity contribution in [2.24, 2.45) is 0 Å². The molecule has 0 spiro atoms. The monoisotopic (exact) mass is 340 g/mol. The van der Waals surface area contributed by atoms with Crippen molar-refractivity contribution in [3.8, 4) is 5.75 Å². The Morgan fingerprint density at radius 1 is 0.960 bits per heavy atom. The van der Waals surface area contributed by atoms with Gasteiger partial charge in [0, 0.05) is 6.08 Å². The van der Waals surface area contributed by atoms with Crippen LogP contribution in [0.25, 0.3) is 16.8 Å². The molecule has 0 heterocycles. The molecule has 0 aromatic heterocycles. The quantitative estimate of drug-likeness (QED) is 0.313. The second-order valence-corrected chi connectivity index (χ2v) is 6.24. The van der Waals surface area contributed by atoms with Gasteiger partial charge in [-0.3, -0.25) is 0 Å². The summed E-state index contributed by atoms with van der Waals surface area (Å²) in [6.45, 7) is 3.01. The number of unbranched alkanes of at least 4 members (excludes halogenated alkanes) is 5. The molecule has 2 rings (SSSR count). The van der Waals surface area contributed by atoms with E-state index in [1.165, 1.54) is 45.3 Å². The number of hydrogen-bond donors (Lipinski definition) is 0. The number of carbonyl (C=O) groups excluding carboxylic acids is 1. The zero-order valence-corrected chi connectivity index (χ0v) is 15.3. The second kappa shape index (κ2) is 10.5. The molecule has 25 heavy (non-hydrogen) atoms. The van der Waals surface area contributed by atoms with Crippen LogP contribution in [-0.4, -0.2) is 19.7 Å². The zero-order chi connectivity index (χ0) is 17.9. The lowest BCUT2D eigenvalue weighted by atomic mass is 10.1. The summed E-state index contributed by atoms with van der Waals surface area (Å²) in [6, 6.07) is 12.2. The van der Waals surface area contributed by atoms with E-state index in [1.807, 2.05) is 24.3 Å². The predicted molar refractivity (Wildman–Crippen MR) is 104 cm³/mol. The largest absolute Gasteiger partial charge is 0.494 e. The maximum Gasteiger partial charge on any atom is 0.330 e. The molecule has 134 valence electrons. The van der Waals surface area contributed by atoms with Gasteiger partial charge in [-0.2, -0.15) is 0 Å². The molecule has 0 amide bonds. The molecule has 3 heteroatoms. The van der Waals surface area contributed by atoms with Crippen LogP contribution < -0.4 is 4.74 Å². The molecule has 0 radical (unpaired) electrons. The fourth-order valence-corrected chi connectivity index (χ4v) is 2.74. The van der Waals surface area contributed by atoms with Gasteiger partial charge in [-0.1, -0.05) is 57.2 Å². The van der Waals surface area contributed by atoms with Gasteiger partial charge in [0.15, 0.2) is 0 Å². The minimum absolute atomic E-state index is 0.349. The number of rotatable bonds is 10. The molecule has 0 saturated carbocycles. The smallest absolute Gasteiger partial charge is 0.330 e. The van der Waals surface area contributed by atoms with Crippen LogP contribution in [0.5, 0.6) is 5.75 Å². The molecule has 2 aromatic carbocycles. The van der Waals surface area contributed by atoms with Gasteiger partial charge in [0.25, 0.3) is 0 Å². The molecule has 3 nitrogen and oxygen atoms in total. The minimum Gasteiger partial charge on any atom is -0.494 e. The van der Waals surface area contributed by atoms with Gasteiger partial charge in [-0.05, 0) is 47.0 Å². The summed E-state index contributed by atoms with van der Waals surface area (Å²) < 4.78 is 10.5. The first-order valence-corrected chi connectivity index (χ1v) is 9.15. The highest BCUT2D eigenvalue weighted by molar-refractivity contribution is 5.90. The molecule has 2 aromatic rings. The van der Waals surface area contributed by atoms with Gasteiger partial charge in [0.2, 0.25) is 0 Å². The van der Waals surface area contributed by atoms with Crippen LogP contribution in [0.4, 0.5) is 0 Å². The lowest BCUT2D eigenvalue weighted by molar-refractivity contribution is -0.134. The molecule has 0 aliphatic rings. The highest BCUT2D eigenvalue weighted by Crippen LogP contribution is 2.23. The number of ether oxygens (including phenoxy) is 2. The second-order valence-electron chi connectivity index (χ2n) is 6.24.